The van der Waals surface area contributed by atoms with Gasteiger partial charge in [-0.1, -0.05) is 12.5 Å². The minimum atomic E-state index is -0.0645. The van der Waals surface area contributed by atoms with Gasteiger partial charge in [0.2, 0.25) is 5.91 Å². The molecule has 0 radical (unpaired) electrons. The van der Waals surface area contributed by atoms with Crippen LogP contribution in [-0.4, -0.2) is 37.6 Å². The van der Waals surface area contributed by atoms with Gasteiger partial charge in [0.1, 0.15) is 11.8 Å². The lowest BCUT2D eigenvalue weighted by molar-refractivity contribution is -0.127. The lowest BCUT2D eigenvalue weighted by atomic mass is 10.00. The first kappa shape index (κ1) is 15.3. The topological polar surface area (TPSA) is 65.4 Å². The maximum absolute atomic E-state index is 12.0. The number of likely N-dealkylation sites (tertiary alicyclic amines) is 1. The minimum Gasteiger partial charge on any atom is -0.495 e. The highest BCUT2D eigenvalue weighted by atomic mass is 16.5. The molecule has 0 aliphatic carbocycles. The van der Waals surface area contributed by atoms with Crippen LogP contribution in [0.4, 0.5) is 0 Å². The number of ether oxygens (including phenoxy) is 1. The largest absolute Gasteiger partial charge is 0.495 e. The molecule has 5 heteroatoms. The molecule has 1 atom stereocenters. The number of nitriles is 1. The van der Waals surface area contributed by atoms with Crippen LogP contribution in [0.2, 0.25) is 0 Å². The molecule has 1 fully saturated rings. The third-order valence-electron chi connectivity index (χ3n) is 3.93. The van der Waals surface area contributed by atoms with Crippen molar-refractivity contribution in [2.24, 2.45) is 0 Å². The van der Waals surface area contributed by atoms with Crippen molar-refractivity contribution in [3.8, 4) is 11.8 Å². The van der Waals surface area contributed by atoms with E-state index in [2.05, 4.69) is 16.3 Å². The highest BCUT2D eigenvalue weighted by Gasteiger charge is 2.27. The summed E-state index contributed by atoms with van der Waals surface area (Å²) in [6.07, 6.45) is 3.10. The van der Waals surface area contributed by atoms with Crippen LogP contribution >= 0.6 is 0 Å². The van der Waals surface area contributed by atoms with Crippen LogP contribution in [0, 0.1) is 11.3 Å². The van der Waals surface area contributed by atoms with Crippen LogP contribution in [0.5, 0.6) is 5.75 Å². The van der Waals surface area contributed by atoms with Gasteiger partial charge in [-0.25, -0.2) is 0 Å². The molecule has 2 rings (SSSR count). The van der Waals surface area contributed by atoms with Gasteiger partial charge in [0.15, 0.2) is 0 Å². The summed E-state index contributed by atoms with van der Waals surface area (Å²) >= 11 is 0. The lowest BCUT2D eigenvalue weighted by Gasteiger charge is -2.34. The summed E-state index contributed by atoms with van der Waals surface area (Å²) in [5.41, 5.74) is 1.59. The number of amides is 1. The Hall–Kier alpha value is -2.06. The van der Waals surface area contributed by atoms with Crippen LogP contribution in [0.3, 0.4) is 0 Å². The normalized spacial score (nSPS) is 18.8. The monoisotopic (exact) mass is 287 g/mol. The Bertz CT molecular complexity index is 551. The first-order chi connectivity index (χ1) is 10.2. The van der Waals surface area contributed by atoms with E-state index in [0.717, 1.165) is 31.4 Å². The number of hydrogen-bond donors (Lipinski definition) is 1. The molecule has 0 spiro atoms. The highest BCUT2D eigenvalue weighted by molar-refractivity contribution is 5.81. The summed E-state index contributed by atoms with van der Waals surface area (Å²) in [7, 11) is 3.24. The number of rotatable bonds is 4. The predicted octanol–water partition coefficient (Wildman–Crippen LogP) is 1.67. The Morgan fingerprint density at radius 3 is 3.00 bits per heavy atom. The molecule has 0 bridgehead atoms. The molecule has 1 unspecified atom stereocenters. The first-order valence-electron chi connectivity index (χ1n) is 7.22. The Balaban J connectivity index is 2.16. The van der Waals surface area contributed by atoms with Crippen molar-refractivity contribution >= 4 is 5.91 Å². The van der Waals surface area contributed by atoms with Crippen molar-refractivity contribution in [1.29, 1.82) is 5.26 Å². The number of benzene rings is 1. The maximum Gasteiger partial charge on any atom is 0.237 e. The Kier molecular flexibility index (Phi) is 5.18. The van der Waals surface area contributed by atoms with E-state index < -0.39 is 0 Å². The van der Waals surface area contributed by atoms with Crippen LogP contribution < -0.4 is 10.1 Å². The second-order valence-corrected chi connectivity index (χ2v) is 5.24. The van der Waals surface area contributed by atoms with Crippen molar-refractivity contribution in [2.75, 3.05) is 20.7 Å². The Morgan fingerprint density at radius 2 is 2.33 bits per heavy atom. The Morgan fingerprint density at radius 1 is 1.52 bits per heavy atom. The van der Waals surface area contributed by atoms with Gasteiger partial charge < -0.3 is 10.1 Å². The quantitative estimate of drug-likeness (QED) is 0.915. The molecule has 1 heterocycles. The van der Waals surface area contributed by atoms with E-state index in [1.165, 1.54) is 0 Å². The molecule has 1 aliphatic heterocycles. The van der Waals surface area contributed by atoms with Gasteiger partial charge in [-0.2, -0.15) is 5.26 Å². The van der Waals surface area contributed by atoms with Crippen LogP contribution in [-0.2, 0) is 11.3 Å². The van der Waals surface area contributed by atoms with Crippen LogP contribution in [0.1, 0.15) is 30.4 Å². The van der Waals surface area contributed by atoms with E-state index in [0.29, 0.717) is 17.9 Å². The fourth-order valence-electron chi connectivity index (χ4n) is 2.80. The zero-order valence-electron chi connectivity index (χ0n) is 12.6. The summed E-state index contributed by atoms with van der Waals surface area (Å²) in [6, 6.07) is 7.63. The average Bonchev–Trinajstić information content (AvgIpc) is 2.54. The third kappa shape index (κ3) is 3.53. The van der Waals surface area contributed by atoms with Crippen molar-refractivity contribution in [2.45, 2.75) is 31.8 Å². The van der Waals surface area contributed by atoms with Gasteiger partial charge in [0, 0.05) is 13.6 Å². The zero-order chi connectivity index (χ0) is 15.2. The lowest BCUT2D eigenvalue weighted by Crippen LogP contribution is -2.48. The molecule has 21 heavy (non-hydrogen) atoms. The SMILES string of the molecule is CNC(=O)C1CCCCN1Cc1ccc(C#N)c(OC)c1. The zero-order valence-corrected chi connectivity index (χ0v) is 12.6. The molecule has 1 aromatic carbocycles. The molecule has 5 nitrogen and oxygen atoms in total. The Labute approximate surface area is 125 Å². The van der Waals surface area contributed by atoms with Gasteiger partial charge in [-0.05, 0) is 37.1 Å². The number of piperidine rings is 1. The van der Waals surface area contributed by atoms with Crippen molar-refractivity contribution in [3.63, 3.8) is 0 Å². The van der Waals surface area contributed by atoms with Crippen molar-refractivity contribution in [1.82, 2.24) is 10.2 Å². The van der Waals surface area contributed by atoms with Crippen LogP contribution in [0.25, 0.3) is 0 Å². The molecule has 1 saturated heterocycles. The molecule has 0 aromatic heterocycles. The number of likely N-dealkylation sites (N-methyl/N-ethyl adjacent to an activating group) is 1. The van der Waals surface area contributed by atoms with Gasteiger partial charge in [0.25, 0.3) is 0 Å². The molecule has 1 amide bonds. The molecule has 1 aromatic rings. The van der Waals surface area contributed by atoms with Crippen LogP contribution in [0.15, 0.2) is 18.2 Å². The van der Waals surface area contributed by atoms with E-state index in [-0.39, 0.29) is 11.9 Å². The third-order valence-corrected chi connectivity index (χ3v) is 3.93. The van der Waals surface area contributed by atoms with Gasteiger partial charge in [-0.3, -0.25) is 9.69 Å². The fraction of sp³-hybridized carbons (Fsp3) is 0.500. The number of methoxy groups -OCH3 is 1. The second kappa shape index (κ2) is 7.09. The van der Waals surface area contributed by atoms with E-state index in [9.17, 15) is 4.79 Å². The predicted molar refractivity (Wildman–Crippen MR) is 79.8 cm³/mol. The standard InChI is InChI=1S/C16H21N3O2/c1-18-16(20)14-5-3-4-8-19(14)11-12-6-7-13(10-17)15(9-12)21-2/h6-7,9,14H,3-5,8,11H2,1-2H3,(H,18,20). The molecule has 112 valence electrons. The van der Waals surface area contributed by atoms with E-state index in [1.54, 1.807) is 20.2 Å². The smallest absolute Gasteiger partial charge is 0.237 e. The van der Waals surface area contributed by atoms with Crippen molar-refractivity contribution < 1.29 is 9.53 Å². The van der Waals surface area contributed by atoms with Gasteiger partial charge >= 0.3 is 0 Å². The second-order valence-electron chi connectivity index (χ2n) is 5.24. The summed E-state index contributed by atoms with van der Waals surface area (Å²) < 4.78 is 5.24. The maximum atomic E-state index is 12.0. The number of nitrogens with zero attached hydrogens (tertiary/aromatic N) is 2. The molecular weight excluding hydrogens is 266 g/mol. The summed E-state index contributed by atoms with van der Waals surface area (Å²) in [5, 5.41) is 11.8. The van der Waals surface area contributed by atoms with Gasteiger partial charge in [0.05, 0.1) is 18.7 Å². The van der Waals surface area contributed by atoms with Gasteiger partial charge in [-0.15, -0.1) is 0 Å². The number of carbonyl (C=O) groups is 1. The highest BCUT2D eigenvalue weighted by Crippen LogP contribution is 2.23. The number of carbonyl (C=O) groups excluding carboxylic acids is 1. The molecular formula is C16H21N3O2. The van der Waals surface area contributed by atoms with E-state index in [1.807, 2.05) is 12.1 Å². The van der Waals surface area contributed by atoms with Crippen molar-refractivity contribution in [3.05, 3.63) is 29.3 Å². The molecule has 1 N–H and O–H groups in total. The average molecular weight is 287 g/mol. The summed E-state index contributed by atoms with van der Waals surface area (Å²) in [4.78, 5) is 14.2. The minimum absolute atomic E-state index is 0.0645. The first-order valence-corrected chi connectivity index (χ1v) is 7.22. The number of nitrogens with one attached hydrogen (secondary N) is 1. The summed E-state index contributed by atoms with van der Waals surface area (Å²) in [5.74, 6) is 0.666. The van der Waals surface area contributed by atoms with E-state index in [4.69, 9.17) is 10.00 Å². The number of hydrogen-bond acceptors (Lipinski definition) is 4. The fourth-order valence-corrected chi connectivity index (χ4v) is 2.80. The van der Waals surface area contributed by atoms with E-state index >= 15 is 0 Å². The molecule has 1 aliphatic rings. The summed E-state index contributed by atoms with van der Waals surface area (Å²) in [6.45, 7) is 1.61. The molecule has 0 saturated carbocycles.